The molecular weight excluding hydrogens is 638 g/mol. The molecule has 2 aromatic carbocycles. The van der Waals surface area contributed by atoms with Crippen molar-refractivity contribution in [3.63, 3.8) is 0 Å². The minimum atomic E-state index is -3.28. The summed E-state index contributed by atoms with van der Waals surface area (Å²) in [7, 11) is -3.28. The number of hydrogen-bond donors (Lipinski definition) is 3. The van der Waals surface area contributed by atoms with Crippen LogP contribution in [0.15, 0.2) is 65.7 Å². The Hall–Kier alpha value is -4.18. The monoisotopic (exact) mass is 681 g/mol. The molecule has 3 N–H and O–H groups in total. The third-order valence-corrected chi connectivity index (χ3v) is 9.59. The molecule has 3 amide bonds. The van der Waals surface area contributed by atoms with Crippen molar-refractivity contribution in [3.05, 3.63) is 77.6 Å². The lowest BCUT2D eigenvalue weighted by atomic mass is 9.83. The summed E-state index contributed by atoms with van der Waals surface area (Å²) in [5, 5.41) is 17.3. The van der Waals surface area contributed by atoms with Crippen LogP contribution in [0.1, 0.15) is 36.1 Å². The Morgan fingerprint density at radius 3 is 2.33 bits per heavy atom. The number of likely N-dealkylation sites (tertiary alicyclic amines) is 1. The number of ether oxygens (including phenoxy) is 2. The highest BCUT2D eigenvalue weighted by Crippen LogP contribution is 2.27. The highest BCUT2D eigenvalue weighted by molar-refractivity contribution is 7.90. The zero-order chi connectivity index (χ0) is 34.0. The second-order valence-corrected chi connectivity index (χ2v) is 14.4. The fourth-order valence-corrected chi connectivity index (χ4v) is 6.55. The minimum absolute atomic E-state index is 0.0246. The van der Waals surface area contributed by atoms with Crippen molar-refractivity contribution in [2.45, 2.75) is 55.2 Å². The second-order valence-electron chi connectivity index (χ2n) is 12.4. The first-order valence-corrected chi connectivity index (χ1v) is 17.9. The van der Waals surface area contributed by atoms with Gasteiger partial charge in [0.25, 0.3) is 0 Å². The number of benzene rings is 2. The van der Waals surface area contributed by atoms with Crippen molar-refractivity contribution < 1.29 is 32.3 Å². The first kappa shape index (κ1) is 35.1. The van der Waals surface area contributed by atoms with Crippen LogP contribution in [0.3, 0.4) is 0 Å². The molecule has 0 radical (unpaired) electrons. The second kappa shape index (κ2) is 16.3. The van der Waals surface area contributed by atoms with Crippen molar-refractivity contribution in [1.82, 2.24) is 35.8 Å². The number of carbonyl (C=O) groups is 3. The quantitative estimate of drug-likeness (QED) is 0.318. The maximum absolute atomic E-state index is 13.6. The Balaban J connectivity index is 1.26. The Labute approximate surface area is 280 Å². The number of amides is 3. The highest BCUT2D eigenvalue weighted by Gasteiger charge is 2.39. The number of rotatable bonds is 7. The molecule has 1 atom stereocenters. The fourth-order valence-electron chi connectivity index (χ4n) is 5.92. The van der Waals surface area contributed by atoms with Crippen LogP contribution in [0.2, 0.25) is 0 Å². The third-order valence-electron chi connectivity index (χ3n) is 8.46. The molecule has 258 valence electrons. The lowest BCUT2D eigenvalue weighted by Crippen LogP contribution is -2.59. The van der Waals surface area contributed by atoms with Gasteiger partial charge in [-0.25, -0.2) is 13.1 Å². The van der Waals surface area contributed by atoms with Crippen molar-refractivity contribution >= 4 is 27.6 Å². The summed E-state index contributed by atoms with van der Waals surface area (Å²) in [6, 6.07) is 15.7. The summed E-state index contributed by atoms with van der Waals surface area (Å²) in [5.74, 6) is -1.08. The van der Waals surface area contributed by atoms with E-state index in [2.05, 4.69) is 31.2 Å². The smallest absolute Gasteiger partial charge is 0.246 e. The highest BCUT2D eigenvalue weighted by atomic mass is 32.2. The molecule has 15 heteroatoms. The van der Waals surface area contributed by atoms with E-state index < -0.39 is 21.4 Å². The molecule has 0 aliphatic carbocycles. The van der Waals surface area contributed by atoms with Crippen LogP contribution in [0.4, 0.5) is 0 Å². The van der Waals surface area contributed by atoms with Crippen LogP contribution in [-0.4, -0.2) is 110 Å². The van der Waals surface area contributed by atoms with Crippen molar-refractivity contribution in [2.24, 2.45) is 0 Å². The molecule has 3 aromatic rings. The largest absolute Gasteiger partial charge is 0.377 e. The topological polar surface area (TPSA) is 174 Å². The molecule has 2 aliphatic rings. The van der Waals surface area contributed by atoms with Gasteiger partial charge in [0, 0.05) is 51.5 Å². The van der Waals surface area contributed by atoms with Gasteiger partial charge in [-0.05, 0) is 36.1 Å². The number of sulfone groups is 1. The third kappa shape index (κ3) is 10.4. The normalized spacial score (nSPS) is 20.5. The van der Waals surface area contributed by atoms with Gasteiger partial charge in [-0.3, -0.25) is 19.3 Å². The average molecular weight is 682 g/mol. The van der Waals surface area contributed by atoms with Crippen molar-refractivity contribution in [1.29, 1.82) is 0 Å². The molecule has 0 saturated carbocycles. The van der Waals surface area contributed by atoms with Crippen LogP contribution in [0.5, 0.6) is 0 Å². The molecule has 14 nitrogen and oxygen atoms in total. The van der Waals surface area contributed by atoms with E-state index in [0.29, 0.717) is 44.7 Å². The lowest BCUT2D eigenvalue weighted by molar-refractivity contribution is -0.133. The Bertz CT molecular complexity index is 1640. The molecular formula is C33H43N7O7S. The van der Waals surface area contributed by atoms with E-state index in [9.17, 15) is 22.8 Å². The first-order chi connectivity index (χ1) is 23.1. The van der Waals surface area contributed by atoms with Gasteiger partial charge >= 0.3 is 0 Å². The van der Waals surface area contributed by atoms with Crippen LogP contribution < -0.4 is 16.0 Å². The van der Waals surface area contributed by atoms with Crippen LogP contribution in [0, 0.1) is 0 Å². The van der Waals surface area contributed by atoms with Gasteiger partial charge < -0.3 is 25.4 Å². The summed E-state index contributed by atoms with van der Waals surface area (Å²) in [6.45, 7) is 3.08. The summed E-state index contributed by atoms with van der Waals surface area (Å²) in [6.07, 6.45) is 4.02. The van der Waals surface area contributed by atoms with Gasteiger partial charge in [0.2, 0.25) is 17.7 Å². The molecule has 1 spiro atoms. The minimum Gasteiger partial charge on any atom is -0.377 e. The standard InChI is InChI=1S/C33H43N7O7S/c1-48(44,45)28-9-7-26(8-10-28)21-39-14-11-33(12-15-39)20-30(41)35-29(32(43)34-13-16-46-17-18-47-24-31(42)36-33)19-27-23-40(38-37-27)22-25-5-3-2-4-6-25/h2-10,23,29H,11-22,24H2,1H3,(H,34,43)(H,35,41)(H,36,42). The van der Waals surface area contributed by atoms with E-state index >= 15 is 0 Å². The number of carbonyl (C=O) groups excluding carboxylic acids is 3. The lowest BCUT2D eigenvalue weighted by Gasteiger charge is -2.42. The summed E-state index contributed by atoms with van der Waals surface area (Å²) < 4.78 is 36.4. The Morgan fingerprint density at radius 2 is 1.60 bits per heavy atom. The van der Waals surface area contributed by atoms with E-state index in [4.69, 9.17) is 9.47 Å². The molecule has 1 unspecified atom stereocenters. The zero-order valence-corrected chi connectivity index (χ0v) is 27.9. The predicted molar refractivity (Wildman–Crippen MR) is 175 cm³/mol. The van der Waals surface area contributed by atoms with Crippen molar-refractivity contribution in [2.75, 3.05) is 52.3 Å². The maximum Gasteiger partial charge on any atom is 0.246 e. The Kier molecular flexibility index (Phi) is 11.9. The van der Waals surface area contributed by atoms with E-state index in [1.807, 2.05) is 30.3 Å². The molecule has 0 bridgehead atoms. The van der Waals surface area contributed by atoms with E-state index in [1.54, 1.807) is 35.1 Å². The molecule has 5 rings (SSSR count). The Morgan fingerprint density at radius 1 is 0.896 bits per heavy atom. The molecule has 2 saturated heterocycles. The van der Waals surface area contributed by atoms with Crippen LogP contribution >= 0.6 is 0 Å². The summed E-state index contributed by atoms with van der Waals surface area (Å²) >= 11 is 0. The van der Waals surface area contributed by atoms with Gasteiger partial charge in [-0.2, -0.15) is 0 Å². The van der Waals surface area contributed by atoms with Crippen molar-refractivity contribution in [3.8, 4) is 0 Å². The van der Waals surface area contributed by atoms with E-state index in [0.717, 1.165) is 11.1 Å². The maximum atomic E-state index is 13.6. The molecule has 2 fully saturated rings. The number of nitrogens with one attached hydrogen (secondary N) is 3. The van der Waals surface area contributed by atoms with E-state index in [1.165, 1.54) is 6.26 Å². The van der Waals surface area contributed by atoms with Gasteiger partial charge in [-0.1, -0.05) is 47.7 Å². The molecule has 2 aliphatic heterocycles. The molecule has 3 heterocycles. The van der Waals surface area contributed by atoms with E-state index in [-0.39, 0.29) is 68.4 Å². The summed E-state index contributed by atoms with van der Waals surface area (Å²) in [5.41, 5.74) is 1.71. The zero-order valence-electron chi connectivity index (χ0n) is 27.1. The van der Waals surface area contributed by atoms with Gasteiger partial charge in [-0.15, -0.1) is 5.10 Å². The van der Waals surface area contributed by atoms with Crippen LogP contribution in [-0.2, 0) is 53.2 Å². The van der Waals surface area contributed by atoms with Gasteiger partial charge in [0.05, 0.1) is 42.5 Å². The number of aromatic nitrogens is 3. The molecule has 48 heavy (non-hydrogen) atoms. The van der Waals surface area contributed by atoms with Gasteiger partial charge in [0.1, 0.15) is 12.6 Å². The number of piperidine rings is 1. The first-order valence-electron chi connectivity index (χ1n) is 16.0. The number of nitrogens with zero attached hydrogens (tertiary/aromatic N) is 4. The predicted octanol–water partition coefficient (Wildman–Crippen LogP) is 0.461. The summed E-state index contributed by atoms with van der Waals surface area (Å²) in [4.78, 5) is 42.4. The SMILES string of the molecule is CS(=O)(=O)c1ccc(CN2CCC3(CC2)CC(=O)NC(Cc2cn(Cc4ccccc4)nn2)C(=O)NCCOCCOCC(=O)N3)cc1. The number of hydrogen-bond acceptors (Lipinski definition) is 10. The fraction of sp³-hybridized carbons (Fsp3) is 0.485. The average Bonchev–Trinajstić information content (AvgIpc) is 3.49. The molecule has 1 aromatic heterocycles. The van der Waals surface area contributed by atoms with Crippen LogP contribution in [0.25, 0.3) is 0 Å². The van der Waals surface area contributed by atoms with Gasteiger partial charge in [0.15, 0.2) is 9.84 Å².